The van der Waals surface area contributed by atoms with Crippen molar-refractivity contribution in [3.05, 3.63) is 65.7 Å². The van der Waals surface area contributed by atoms with Crippen LogP contribution in [0.3, 0.4) is 0 Å². The lowest BCUT2D eigenvalue weighted by Gasteiger charge is -2.46. The van der Waals surface area contributed by atoms with Gasteiger partial charge in [-0.1, -0.05) is 63.2 Å². The highest BCUT2D eigenvalue weighted by atomic mass is 16.8. The Morgan fingerprint density at radius 2 is 1.23 bits per heavy atom. The summed E-state index contributed by atoms with van der Waals surface area (Å²) in [5, 5.41) is 150. The van der Waals surface area contributed by atoms with E-state index in [0.717, 1.165) is 11.8 Å². The lowest BCUT2D eigenvalue weighted by atomic mass is 9.92. The average Bonchev–Trinajstić information content (AvgIpc) is 1.40. The molecule has 25 atom stereocenters. The predicted octanol–water partition coefficient (Wildman–Crippen LogP) is -11.4. The van der Waals surface area contributed by atoms with Gasteiger partial charge in [0.25, 0.3) is 0 Å². The van der Waals surface area contributed by atoms with Crippen LogP contribution in [-0.2, 0) is 73.2 Å². The van der Waals surface area contributed by atoms with Crippen molar-refractivity contribution >= 4 is 59.3 Å². The molecule has 39 heteroatoms. The van der Waals surface area contributed by atoms with Gasteiger partial charge in [-0.2, -0.15) is 0 Å². The molecule has 0 radical (unpaired) electrons. The van der Waals surface area contributed by atoms with Crippen molar-refractivity contribution in [1.82, 2.24) is 42.1 Å². The minimum Gasteiger partial charge on any atom is -0.463 e. The summed E-state index contributed by atoms with van der Waals surface area (Å²) in [5.41, 5.74) is 12.8. The van der Waals surface area contributed by atoms with E-state index in [9.17, 15) is 90.0 Å². The molecule has 25 unspecified atom stereocenters. The number of aliphatic hydroxyl groups is 12. The summed E-state index contributed by atoms with van der Waals surface area (Å²) in [4.78, 5) is 121. The van der Waals surface area contributed by atoms with Crippen LogP contribution in [0.2, 0.25) is 0 Å². The minimum absolute atomic E-state index is 0.0985. The van der Waals surface area contributed by atoms with Crippen LogP contribution in [0.5, 0.6) is 5.75 Å². The molecule has 4 saturated heterocycles. The number of benzene rings is 2. The van der Waals surface area contributed by atoms with Crippen molar-refractivity contribution in [2.75, 3.05) is 46.1 Å². The molecule has 6 amide bonds. The summed E-state index contributed by atoms with van der Waals surface area (Å²) in [6.45, 7) is 0.622. The molecule has 100 heavy (non-hydrogen) atoms. The Bertz CT molecular complexity index is 3230. The third kappa shape index (κ3) is 18.5. The van der Waals surface area contributed by atoms with Crippen LogP contribution in [0.15, 0.2) is 64.6 Å². The van der Waals surface area contributed by atoms with Crippen LogP contribution in [0.1, 0.15) is 51.2 Å². The van der Waals surface area contributed by atoms with Gasteiger partial charge in [-0.25, -0.2) is 0 Å². The molecule has 39 nitrogen and oxygen atoms in total. The number of nitrogens with zero attached hydrogens (tertiary/aromatic N) is 3. The molecule has 0 aliphatic carbocycles. The SMILES string of the molecule is CC(=O)OCC1OC(OC2C(CO)OC(Oc3ccc(CC4NC(=O)C(C(C)c5ccccc5)NC(=O)CNC(=O)C(CO)NC(=O)C(C(O)C5CN=C(N)N5C5OC(CO)C(O)C(O)C5O)NC(=O)C(C(O)C5CN=C(N)N5)NC4=O)cc3)C(O)C2O)C(OC(=O)CC(C)C)C(O)C1O. The van der Waals surface area contributed by atoms with Crippen LogP contribution >= 0.6 is 0 Å². The smallest absolute Gasteiger partial charge is 0.306 e. The lowest BCUT2D eigenvalue weighted by Crippen LogP contribution is -2.70. The number of hydrogen-bond donors (Lipinski definition) is 21. The fraction of sp³-hybridized carbons (Fsp3) is 0.639. The van der Waals surface area contributed by atoms with Crippen molar-refractivity contribution in [3.8, 4) is 5.75 Å². The van der Waals surface area contributed by atoms with Crippen LogP contribution in [0.25, 0.3) is 0 Å². The molecule has 6 heterocycles. The summed E-state index contributed by atoms with van der Waals surface area (Å²) in [5.74, 6) is -11.0. The molecule has 0 spiro atoms. The molecule has 6 aliphatic heterocycles. The van der Waals surface area contributed by atoms with Gasteiger partial charge in [-0.3, -0.25) is 48.3 Å². The third-order valence-electron chi connectivity index (χ3n) is 17.6. The molecule has 4 fully saturated rings. The summed E-state index contributed by atoms with van der Waals surface area (Å²) < 4.78 is 39.8. The van der Waals surface area contributed by atoms with E-state index in [4.69, 9.17) is 44.6 Å². The van der Waals surface area contributed by atoms with E-state index >= 15 is 9.59 Å². The van der Waals surface area contributed by atoms with E-state index in [1.54, 1.807) is 51.1 Å². The number of aliphatic hydroxyl groups excluding tert-OH is 12. The van der Waals surface area contributed by atoms with Gasteiger partial charge in [0.1, 0.15) is 122 Å². The van der Waals surface area contributed by atoms with Gasteiger partial charge in [-0.05, 0) is 29.2 Å². The number of nitrogens with one attached hydrogen (secondary N) is 7. The average molecular weight is 1420 g/mol. The monoisotopic (exact) mass is 1420 g/mol. The zero-order valence-electron chi connectivity index (χ0n) is 54.6. The topological polar surface area (TPSA) is 608 Å². The Morgan fingerprint density at radius 3 is 1.86 bits per heavy atom. The number of carbonyl (C=O) groups is 8. The number of esters is 2. The predicted molar refractivity (Wildman–Crippen MR) is 336 cm³/mol. The number of hydrogen-bond acceptors (Lipinski definition) is 33. The molecular formula is C61H88N12O27. The Kier molecular flexibility index (Phi) is 26.8. The molecule has 554 valence electrons. The molecule has 6 aliphatic rings. The highest BCUT2D eigenvalue weighted by molar-refractivity contribution is 5.98. The summed E-state index contributed by atoms with van der Waals surface area (Å²) in [6, 6.07) is 0.651. The molecule has 23 N–H and O–H groups in total. The third-order valence-corrected chi connectivity index (χ3v) is 17.6. The van der Waals surface area contributed by atoms with Crippen molar-refractivity contribution in [2.45, 2.75) is 193 Å². The minimum atomic E-state index is -2.36. The van der Waals surface area contributed by atoms with Gasteiger partial charge in [0, 0.05) is 25.7 Å². The Hall–Kier alpha value is -8.10. The van der Waals surface area contributed by atoms with E-state index < -0.39 is 252 Å². The van der Waals surface area contributed by atoms with Gasteiger partial charge in [0.15, 0.2) is 30.5 Å². The fourth-order valence-electron chi connectivity index (χ4n) is 12.0. The number of nitrogens with two attached hydrogens (primary N) is 2. The summed E-state index contributed by atoms with van der Waals surface area (Å²) >= 11 is 0. The van der Waals surface area contributed by atoms with Gasteiger partial charge < -0.3 is 148 Å². The normalized spacial score (nSPS) is 35.1. The van der Waals surface area contributed by atoms with Gasteiger partial charge in [0.2, 0.25) is 41.7 Å². The first-order valence-corrected chi connectivity index (χ1v) is 32.1. The highest BCUT2D eigenvalue weighted by Crippen LogP contribution is 2.34. The summed E-state index contributed by atoms with van der Waals surface area (Å²) in [7, 11) is 0. The standard InChI is InChI=1S/C61H88N12O27/c1-23(2)14-37(79)99-51-46(85)44(83)35(22-94-25(4)77)98-59(51)100-50-34(21-76)97-58(49(88)47(50)86)95-28-12-10-26(11-13-28)15-29-53(90)71-39(41(80)30-16-65-60(62)69-30)56(93)72-40(42(81)32-17-66-61(63)73(32)57-48(87)45(84)43(82)33(20-75)96-57)55(92)68-31(19-74)52(89)64-18-36(78)70-38(54(91)67-29)24(3)27-8-6-5-7-9-27/h5-13,23-24,29-35,38-51,57-59,74-76,80-88H,14-22H2,1-4H3,(H2,63,66)(H,64,89)(H,67,91)(H,68,92)(H,70,78)(H,71,90)(H,72,93)(H3,62,65,69). The van der Waals surface area contributed by atoms with E-state index in [1.807, 2.05) is 0 Å². The van der Waals surface area contributed by atoms with Crippen molar-refractivity contribution in [2.24, 2.45) is 27.4 Å². The molecular weight excluding hydrogens is 1330 g/mol. The molecule has 8 rings (SSSR count). The van der Waals surface area contributed by atoms with E-state index in [1.165, 1.54) is 24.3 Å². The highest BCUT2D eigenvalue weighted by Gasteiger charge is 2.55. The van der Waals surface area contributed by atoms with Gasteiger partial charge >= 0.3 is 11.9 Å². The first kappa shape index (κ1) is 77.6. The number of amides is 6. The first-order valence-electron chi connectivity index (χ1n) is 32.1. The molecule has 2 aromatic rings. The van der Waals surface area contributed by atoms with Crippen LogP contribution < -0.4 is 53.4 Å². The van der Waals surface area contributed by atoms with Gasteiger partial charge in [-0.15, -0.1) is 0 Å². The van der Waals surface area contributed by atoms with Crippen molar-refractivity contribution < 1.29 is 133 Å². The van der Waals surface area contributed by atoms with Crippen LogP contribution in [-0.4, -0.2) is 318 Å². The van der Waals surface area contributed by atoms with Crippen molar-refractivity contribution in [1.29, 1.82) is 0 Å². The van der Waals surface area contributed by atoms with Crippen molar-refractivity contribution in [3.63, 3.8) is 0 Å². The molecule has 0 bridgehead atoms. The quantitative estimate of drug-likeness (QED) is 0.0516. The second-order valence-corrected chi connectivity index (χ2v) is 25.2. The van der Waals surface area contributed by atoms with E-state index in [2.05, 4.69) is 47.2 Å². The van der Waals surface area contributed by atoms with Crippen LogP contribution in [0, 0.1) is 5.92 Å². The summed E-state index contributed by atoms with van der Waals surface area (Å²) in [6.07, 6.45) is -32.3. The largest absolute Gasteiger partial charge is 0.463 e. The molecule has 0 saturated carbocycles. The second kappa shape index (κ2) is 34.5. The number of rotatable bonds is 21. The number of aliphatic imine (C=N–C) groups is 2. The maximum atomic E-state index is 15.2. The Labute approximate surface area is 570 Å². The fourth-order valence-corrected chi connectivity index (χ4v) is 12.0. The Balaban J connectivity index is 1.09. The second-order valence-electron chi connectivity index (χ2n) is 25.2. The maximum absolute atomic E-state index is 15.2. The zero-order chi connectivity index (χ0) is 73.1. The van der Waals surface area contributed by atoms with Gasteiger partial charge in [0.05, 0.1) is 51.5 Å². The Morgan fingerprint density at radius 1 is 0.620 bits per heavy atom. The van der Waals surface area contributed by atoms with Crippen LogP contribution in [0.4, 0.5) is 0 Å². The van der Waals surface area contributed by atoms with E-state index in [0.29, 0.717) is 5.56 Å². The number of guanidine groups is 2. The number of ether oxygens (including phenoxy) is 7. The lowest BCUT2D eigenvalue weighted by molar-refractivity contribution is -0.353. The number of carbonyl (C=O) groups excluding carboxylic acids is 8. The first-order chi connectivity index (χ1) is 47.4. The molecule has 0 aromatic heterocycles. The zero-order valence-corrected chi connectivity index (χ0v) is 54.6. The van der Waals surface area contributed by atoms with E-state index in [-0.39, 0.29) is 36.2 Å². The maximum Gasteiger partial charge on any atom is 0.306 e. The molecule has 2 aromatic carbocycles.